The van der Waals surface area contributed by atoms with Crippen molar-refractivity contribution in [1.29, 1.82) is 5.26 Å². The van der Waals surface area contributed by atoms with E-state index in [4.69, 9.17) is 9.68 Å². The minimum absolute atomic E-state index is 0.0427. The van der Waals surface area contributed by atoms with Crippen LogP contribution < -0.4 is 5.32 Å². The first-order chi connectivity index (χ1) is 8.95. The second kappa shape index (κ2) is 4.65. The minimum Gasteiger partial charge on any atom is -0.443 e. The van der Waals surface area contributed by atoms with E-state index in [1.807, 2.05) is 5.32 Å². The number of anilines is 1. The van der Waals surface area contributed by atoms with Crippen molar-refractivity contribution in [2.24, 2.45) is 0 Å². The predicted octanol–water partition coefficient (Wildman–Crippen LogP) is 2.96. The molecule has 1 aromatic heterocycles. The molecule has 7 heteroatoms. The fourth-order valence-corrected chi connectivity index (χ4v) is 1.65. The van der Waals surface area contributed by atoms with Crippen LogP contribution in [0, 0.1) is 24.1 Å². The molecule has 98 valence electrons. The van der Waals surface area contributed by atoms with Gasteiger partial charge in [0.2, 0.25) is 5.76 Å². The average molecular weight is 268 g/mol. The number of nitrogens with one attached hydrogen (secondary N) is 1. The van der Waals surface area contributed by atoms with Crippen molar-refractivity contribution in [2.45, 2.75) is 13.3 Å². The summed E-state index contributed by atoms with van der Waals surface area (Å²) < 4.78 is 42.8. The van der Waals surface area contributed by atoms with Gasteiger partial charge >= 0.3 is 6.43 Å². The molecule has 1 heterocycles. The topological polar surface area (TPSA) is 66.0 Å². The Morgan fingerprint density at radius 1 is 1.47 bits per heavy atom. The van der Waals surface area contributed by atoms with Gasteiger partial charge in [0.05, 0.1) is 0 Å². The molecule has 4 nitrogen and oxygen atoms in total. The van der Waals surface area contributed by atoms with Crippen molar-refractivity contribution < 1.29 is 22.4 Å². The molecule has 2 aromatic rings. The molecule has 0 saturated heterocycles. The van der Waals surface area contributed by atoms with E-state index in [1.54, 1.807) is 6.07 Å². The van der Waals surface area contributed by atoms with Crippen LogP contribution in [0.3, 0.4) is 0 Å². The van der Waals surface area contributed by atoms with Crippen LogP contribution in [0.2, 0.25) is 0 Å². The minimum atomic E-state index is -3.22. The maximum atomic E-state index is 13.3. The number of nitrogens with zero attached hydrogens (tertiary/aromatic N) is 1. The number of rotatable bonds is 2. The highest BCUT2D eigenvalue weighted by atomic mass is 19.3. The molecule has 0 bridgehead atoms. The number of halogens is 3. The largest absolute Gasteiger partial charge is 0.443 e. The zero-order chi connectivity index (χ0) is 14.2. The highest BCUT2D eigenvalue weighted by Crippen LogP contribution is 2.33. The maximum Gasteiger partial charge on any atom is 0.315 e. The molecule has 0 aliphatic heterocycles. The van der Waals surface area contributed by atoms with E-state index in [0.717, 1.165) is 6.07 Å². The van der Waals surface area contributed by atoms with E-state index in [9.17, 15) is 18.0 Å². The van der Waals surface area contributed by atoms with Gasteiger partial charge in [-0.1, -0.05) is 0 Å². The Bertz CT molecular complexity index is 701. The number of aryl methyl sites for hydroxylation is 1. The molecule has 0 saturated carbocycles. The number of hydrogen-bond donors (Lipinski definition) is 1. The van der Waals surface area contributed by atoms with Gasteiger partial charge < -0.3 is 9.73 Å². The van der Waals surface area contributed by atoms with Crippen LogP contribution in [-0.4, -0.2) is 12.3 Å². The first-order valence-electron chi connectivity index (χ1n) is 5.16. The molecule has 1 aromatic carbocycles. The van der Waals surface area contributed by atoms with Gasteiger partial charge in [-0.2, -0.15) is 14.0 Å². The standard InChI is InChI=1S/C12H7F3N2O2/c1-5-7(13)3-2-6-9(17-12(18)11(14)15)8(4-16)19-10(5)6/h2-3,11H,1H3,(H,17,18). The van der Waals surface area contributed by atoms with Gasteiger partial charge in [0.15, 0.2) is 0 Å². The lowest BCUT2D eigenvalue weighted by atomic mass is 10.1. The normalized spacial score (nSPS) is 10.7. The van der Waals surface area contributed by atoms with Crippen LogP contribution in [0.1, 0.15) is 11.3 Å². The van der Waals surface area contributed by atoms with E-state index < -0.39 is 18.1 Å². The van der Waals surface area contributed by atoms with E-state index in [-0.39, 0.29) is 28.0 Å². The number of benzene rings is 1. The van der Waals surface area contributed by atoms with Crippen LogP contribution in [0.25, 0.3) is 11.0 Å². The van der Waals surface area contributed by atoms with Crippen molar-refractivity contribution in [3.05, 3.63) is 29.3 Å². The molecule has 0 spiro atoms. The number of alkyl halides is 2. The number of fused-ring (bicyclic) bond motifs is 1. The number of hydrogen-bond acceptors (Lipinski definition) is 3. The monoisotopic (exact) mass is 268 g/mol. The Kier molecular flexibility index (Phi) is 3.17. The molecule has 2 rings (SSSR count). The summed E-state index contributed by atoms with van der Waals surface area (Å²) in [6, 6.07) is 3.98. The molecule has 0 radical (unpaired) electrons. The van der Waals surface area contributed by atoms with Gasteiger partial charge in [-0.15, -0.1) is 0 Å². The number of carbonyl (C=O) groups is 1. The van der Waals surface area contributed by atoms with Gasteiger partial charge in [-0.3, -0.25) is 4.79 Å². The van der Waals surface area contributed by atoms with Gasteiger partial charge in [-0.05, 0) is 19.1 Å². The van der Waals surface area contributed by atoms with E-state index in [1.165, 1.54) is 13.0 Å². The fourth-order valence-electron chi connectivity index (χ4n) is 1.65. The third-order valence-electron chi connectivity index (χ3n) is 2.59. The Morgan fingerprint density at radius 2 is 2.16 bits per heavy atom. The quantitative estimate of drug-likeness (QED) is 0.910. The van der Waals surface area contributed by atoms with Gasteiger partial charge in [0.25, 0.3) is 5.91 Å². The Labute approximate surface area is 105 Å². The third-order valence-corrected chi connectivity index (χ3v) is 2.59. The maximum absolute atomic E-state index is 13.3. The number of carbonyl (C=O) groups excluding carboxylic acids is 1. The number of furan rings is 1. The first-order valence-corrected chi connectivity index (χ1v) is 5.16. The molecule has 0 unspecified atom stereocenters. The fraction of sp³-hybridized carbons (Fsp3) is 0.167. The summed E-state index contributed by atoms with van der Waals surface area (Å²) in [6.45, 7) is 1.42. The molecule has 0 aliphatic rings. The first kappa shape index (κ1) is 13.0. The van der Waals surface area contributed by atoms with Crippen molar-refractivity contribution in [1.82, 2.24) is 0 Å². The van der Waals surface area contributed by atoms with Crippen molar-refractivity contribution >= 4 is 22.6 Å². The third kappa shape index (κ3) is 2.12. The van der Waals surface area contributed by atoms with Gasteiger partial charge in [-0.25, -0.2) is 4.39 Å². The van der Waals surface area contributed by atoms with Crippen molar-refractivity contribution in [3.63, 3.8) is 0 Å². The number of amides is 1. The highest BCUT2D eigenvalue weighted by Gasteiger charge is 2.22. The van der Waals surface area contributed by atoms with Crippen LogP contribution >= 0.6 is 0 Å². The smallest absolute Gasteiger partial charge is 0.315 e. The van der Waals surface area contributed by atoms with Crippen molar-refractivity contribution in [3.8, 4) is 6.07 Å². The summed E-state index contributed by atoms with van der Waals surface area (Å²) in [5, 5.41) is 11.0. The summed E-state index contributed by atoms with van der Waals surface area (Å²) in [7, 11) is 0. The molecule has 0 fully saturated rings. The summed E-state index contributed by atoms with van der Waals surface area (Å²) >= 11 is 0. The Morgan fingerprint density at radius 3 is 2.74 bits per heavy atom. The Hall–Kier alpha value is -2.49. The highest BCUT2D eigenvalue weighted by molar-refractivity contribution is 6.04. The van der Waals surface area contributed by atoms with Crippen LogP contribution in [-0.2, 0) is 4.79 Å². The molecule has 0 aliphatic carbocycles. The van der Waals surface area contributed by atoms with Gasteiger partial charge in [0, 0.05) is 10.9 Å². The summed E-state index contributed by atoms with van der Waals surface area (Å²) in [5.41, 5.74) is -0.00133. The van der Waals surface area contributed by atoms with Crippen molar-refractivity contribution in [2.75, 3.05) is 5.32 Å². The predicted molar refractivity (Wildman–Crippen MR) is 60.3 cm³/mol. The molecule has 0 atom stereocenters. The second-order valence-electron chi connectivity index (χ2n) is 3.76. The summed E-state index contributed by atoms with van der Waals surface area (Å²) in [5.74, 6) is -2.46. The molecular weight excluding hydrogens is 261 g/mol. The van der Waals surface area contributed by atoms with Crippen LogP contribution in [0.5, 0.6) is 0 Å². The lowest BCUT2D eigenvalue weighted by Gasteiger charge is -2.02. The van der Waals surface area contributed by atoms with Gasteiger partial charge in [0.1, 0.15) is 23.2 Å². The zero-order valence-corrected chi connectivity index (χ0v) is 9.63. The van der Waals surface area contributed by atoms with Crippen LogP contribution in [0.4, 0.5) is 18.9 Å². The SMILES string of the molecule is Cc1c(F)ccc2c(NC(=O)C(F)F)c(C#N)oc12. The molecular formula is C12H7F3N2O2. The summed E-state index contributed by atoms with van der Waals surface area (Å²) in [6.07, 6.45) is -3.22. The summed E-state index contributed by atoms with van der Waals surface area (Å²) in [4.78, 5) is 11.0. The van der Waals surface area contributed by atoms with E-state index in [0.29, 0.717) is 0 Å². The molecule has 1 amide bonds. The molecule has 19 heavy (non-hydrogen) atoms. The van der Waals surface area contributed by atoms with Crippen LogP contribution in [0.15, 0.2) is 16.5 Å². The lowest BCUT2D eigenvalue weighted by Crippen LogP contribution is -2.20. The number of nitriles is 1. The van der Waals surface area contributed by atoms with E-state index in [2.05, 4.69) is 0 Å². The Balaban J connectivity index is 2.63. The molecule has 1 N–H and O–H groups in total. The van der Waals surface area contributed by atoms with E-state index >= 15 is 0 Å². The second-order valence-corrected chi connectivity index (χ2v) is 3.76. The average Bonchev–Trinajstić information content (AvgIpc) is 2.72. The zero-order valence-electron chi connectivity index (χ0n) is 9.63. The lowest BCUT2D eigenvalue weighted by molar-refractivity contribution is -0.126.